The van der Waals surface area contributed by atoms with Crippen molar-refractivity contribution < 1.29 is 17.9 Å². The van der Waals surface area contributed by atoms with Gasteiger partial charge in [0.2, 0.25) is 5.91 Å². The molecule has 120 valence electrons. The van der Waals surface area contributed by atoms with Crippen LogP contribution >= 0.6 is 11.6 Å². The summed E-state index contributed by atoms with van der Waals surface area (Å²) in [7, 11) is -2.49. The molecule has 0 aliphatic carbocycles. The first-order valence-electron chi connectivity index (χ1n) is 6.68. The van der Waals surface area contributed by atoms with Crippen LogP contribution in [0, 0.1) is 0 Å². The lowest BCUT2D eigenvalue weighted by atomic mass is 10.1. The van der Waals surface area contributed by atoms with Crippen LogP contribution in [0.3, 0.4) is 0 Å². The van der Waals surface area contributed by atoms with Gasteiger partial charge in [-0.05, 0) is 42.0 Å². The van der Waals surface area contributed by atoms with E-state index < -0.39 is 10.0 Å². The van der Waals surface area contributed by atoms with Gasteiger partial charge in [0.05, 0.1) is 13.5 Å². The van der Waals surface area contributed by atoms with Crippen molar-refractivity contribution >= 4 is 38.9 Å². The average Bonchev–Trinajstić information content (AvgIpc) is 2.86. The number of halogens is 1. The van der Waals surface area contributed by atoms with Gasteiger partial charge in [-0.3, -0.25) is 9.52 Å². The normalized spacial score (nSPS) is 13.4. The smallest absolute Gasteiger partial charge is 0.265 e. The molecule has 6 nitrogen and oxygen atoms in total. The number of methoxy groups -OCH3 is 1. The molecule has 0 bridgehead atoms. The molecule has 0 aromatic heterocycles. The van der Waals surface area contributed by atoms with E-state index in [0.717, 1.165) is 5.56 Å². The van der Waals surface area contributed by atoms with Crippen LogP contribution < -0.4 is 14.8 Å². The lowest BCUT2D eigenvalue weighted by Crippen LogP contribution is -2.14. The second-order valence-corrected chi connectivity index (χ2v) is 7.08. The molecule has 0 saturated carbocycles. The largest absolute Gasteiger partial charge is 0.495 e. The number of ether oxygens (including phenoxy) is 1. The summed E-state index contributed by atoms with van der Waals surface area (Å²) in [6.45, 7) is 0. The minimum atomic E-state index is -3.87. The maximum absolute atomic E-state index is 12.6. The van der Waals surface area contributed by atoms with E-state index in [1.165, 1.54) is 19.2 Å². The molecule has 23 heavy (non-hydrogen) atoms. The third-order valence-electron chi connectivity index (χ3n) is 3.40. The van der Waals surface area contributed by atoms with E-state index in [9.17, 15) is 13.2 Å². The van der Waals surface area contributed by atoms with Crippen molar-refractivity contribution in [3.8, 4) is 5.75 Å². The Morgan fingerprint density at radius 3 is 2.74 bits per heavy atom. The van der Waals surface area contributed by atoms with Crippen molar-refractivity contribution in [2.75, 3.05) is 17.1 Å². The first-order chi connectivity index (χ1) is 10.9. The van der Waals surface area contributed by atoms with Gasteiger partial charge in [-0.15, -0.1) is 0 Å². The van der Waals surface area contributed by atoms with Gasteiger partial charge in [0, 0.05) is 16.4 Å². The number of rotatable bonds is 4. The highest BCUT2D eigenvalue weighted by Crippen LogP contribution is 2.31. The summed E-state index contributed by atoms with van der Waals surface area (Å²) in [5.41, 5.74) is 1.80. The Hall–Kier alpha value is -2.25. The molecule has 1 heterocycles. The van der Waals surface area contributed by atoms with Crippen LogP contribution in [0.2, 0.25) is 5.02 Å². The molecule has 0 fully saturated rings. The van der Waals surface area contributed by atoms with Crippen LogP contribution in [-0.2, 0) is 21.2 Å². The molecule has 0 atom stereocenters. The Labute approximate surface area is 138 Å². The van der Waals surface area contributed by atoms with Crippen LogP contribution in [0.25, 0.3) is 0 Å². The summed E-state index contributed by atoms with van der Waals surface area (Å²) in [6.07, 6.45) is 0.228. The second kappa shape index (κ2) is 5.75. The number of hydrogen-bond donors (Lipinski definition) is 2. The number of fused-ring (bicyclic) bond motifs is 1. The lowest BCUT2D eigenvalue weighted by Gasteiger charge is -2.12. The Kier molecular flexibility index (Phi) is 3.91. The highest BCUT2D eigenvalue weighted by atomic mass is 35.5. The van der Waals surface area contributed by atoms with E-state index in [-0.39, 0.29) is 28.0 Å². The summed E-state index contributed by atoms with van der Waals surface area (Å²) >= 11 is 5.88. The molecule has 1 aliphatic rings. The summed E-state index contributed by atoms with van der Waals surface area (Å²) < 4.78 is 32.7. The number of sulfonamides is 1. The van der Waals surface area contributed by atoms with Crippen molar-refractivity contribution in [2.24, 2.45) is 0 Å². The van der Waals surface area contributed by atoms with Gasteiger partial charge in [0.25, 0.3) is 10.0 Å². The Bertz CT molecular complexity index is 896. The monoisotopic (exact) mass is 352 g/mol. The summed E-state index contributed by atoms with van der Waals surface area (Å²) in [4.78, 5) is 11.3. The molecule has 2 aromatic carbocycles. The minimum Gasteiger partial charge on any atom is -0.495 e. The number of anilines is 2. The van der Waals surface area contributed by atoms with Crippen molar-refractivity contribution in [1.82, 2.24) is 0 Å². The van der Waals surface area contributed by atoms with Crippen LogP contribution in [0.4, 0.5) is 11.4 Å². The van der Waals surface area contributed by atoms with Gasteiger partial charge in [-0.25, -0.2) is 8.42 Å². The zero-order valence-electron chi connectivity index (χ0n) is 12.1. The number of benzene rings is 2. The fourth-order valence-corrected chi connectivity index (χ4v) is 3.85. The van der Waals surface area contributed by atoms with Crippen LogP contribution in [0.1, 0.15) is 5.56 Å². The topological polar surface area (TPSA) is 84.5 Å². The van der Waals surface area contributed by atoms with Gasteiger partial charge in [0.15, 0.2) is 0 Å². The fourth-order valence-electron chi connectivity index (χ4n) is 2.36. The van der Waals surface area contributed by atoms with Gasteiger partial charge in [-0.1, -0.05) is 11.6 Å². The standard InChI is InChI=1S/C15H13ClN2O4S/c1-22-13-5-2-10(16)8-14(13)23(20,21)18-11-3-4-12-9(6-11)7-15(19)17-12/h2-6,8,18H,7H2,1H3,(H,17,19). The van der Waals surface area contributed by atoms with Crippen LogP contribution in [-0.4, -0.2) is 21.4 Å². The highest BCUT2D eigenvalue weighted by molar-refractivity contribution is 7.92. The van der Waals surface area contributed by atoms with Crippen molar-refractivity contribution in [2.45, 2.75) is 11.3 Å². The van der Waals surface area contributed by atoms with Gasteiger partial charge in [-0.2, -0.15) is 0 Å². The quantitative estimate of drug-likeness (QED) is 0.885. The third kappa shape index (κ3) is 3.11. The molecule has 1 aliphatic heterocycles. The third-order valence-corrected chi connectivity index (χ3v) is 5.04. The van der Waals surface area contributed by atoms with E-state index >= 15 is 0 Å². The van der Waals surface area contributed by atoms with Crippen LogP contribution in [0.5, 0.6) is 5.75 Å². The predicted octanol–water partition coefficient (Wildman–Crippen LogP) is 2.64. The Morgan fingerprint density at radius 2 is 2.00 bits per heavy atom. The van der Waals surface area contributed by atoms with E-state index in [0.29, 0.717) is 11.4 Å². The molecule has 8 heteroatoms. The van der Waals surface area contributed by atoms with Gasteiger partial charge in [0.1, 0.15) is 10.6 Å². The number of carbonyl (C=O) groups excluding carboxylic acids is 1. The highest BCUT2D eigenvalue weighted by Gasteiger charge is 2.22. The van der Waals surface area contributed by atoms with Crippen molar-refractivity contribution in [3.63, 3.8) is 0 Å². The van der Waals surface area contributed by atoms with Gasteiger partial charge >= 0.3 is 0 Å². The lowest BCUT2D eigenvalue weighted by molar-refractivity contribution is -0.115. The summed E-state index contributed by atoms with van der Waals surface area (Å²) in [6, 6.07) is 9.23. The molecule has 0 unspecified atom stereocenters. The maximum Gasteiger partial charge on any atom is 0.265 e. The van der Waals surface area contributed by atoms with E-state index in [1.54, 1.807) is 24.3 Å². The van der Waals surface area contributed by atoms with Gasteiger partial charge < -0.3 is 10.1 Å². The number of hydrogen-bond acceptors (Lipinski definition) is 4. The zero-order valence-corrected chi connectivity index (χ0v) is 13.7. The van der Waals surface area contributed by atoms with Crippen molar-refractivity contribution in [3.05, 3.63) is 47.0 Å². The maximum atomic E-state index is 12.6. The van der Waals surface area contributed by atoms with Crippen LogP contribution in [0.15, 0.2) is 41.3 Å². The molecular formula is C15H13ClN2O4S. The molecule has 3 rings (SSSR count). The number of carbonyl (C=O) groups is 1. The number of amides is 1. The molecular weight excluding hydrogens is 340 g/mol. The first-order valence-corrected chi connectivity index (χ1v) is 8.54. The summed E-state index contributed by atoms with van der Waals surface area (Å²) in [5.74, 6) is 0.0800. The van der Waals surface area contributed by atoms with E-state index in [2.05, 4.69) is 10.0 Å². The molecule has 1 amide bonds. The zero-order chi connectivity index (χ0) is 16.6. The second-order valence-electron chi connectivity index (χ2n) is 5.00. The predicted molar refractivity (Wildman–Crippen MR) is 87.6 cm³/mol. The molecule has 2 N–H and O–H groups in total. The fraction of sp³-hybridized carbons (Fsp3) is 0.133. The Balaban J connectivity index is 1.95. The molecule has 0 spiro atoms. The van der Waals surface area contributed by atoms with Crippen molar-refractivity contribution in [1.29, 1.82) is 0 Å². The first kappa shape index (κ1) is 15.6. The minimum absolute atomic E-state index is 0.0535. The molecule has 0 radical (unpaired) electrons. The van der Waals surface area contributed by atoms with E-state index in [1.807, 2.05) is 0 Å². The number of nitrogens with one attached hydrogen (secondary N) is 2. The Morgan fingerprint density at radius 1 is 1.22 bits per heavy atom. The molecule has 2 aromatic rings. The summed E-state index contributed by atoms with van der Waals surface area (Å²) in [5, 5.41) is 2.98. The molecule has 0 saturated heterocycles. The average molecular weight is 353 g/mol. The SMILES string of the molecule is COc1ccc(Cl)cc1S(=O)(=O)Nc1ccc2c(c1)CC(=O)N2. The van der Waals surface area contributed by atoms with E-state index in [4.69, 9.17) is 16.3 Å².